The molecule has 0 atom stereocenters. The molecule has 3 rings (SSSR count). The van der Waals surface area contributed by atoms with Crippen molar-refractivity contribution in [1.29, 1.82) is 0 Å². The molecule has 0 unspecified atom stereocenters. The van der Waals surface area contributed by atoms with Gasteiger partial charge in [0.25, 0.3) is 10.0 Å². The topological polar surface area (TPSA) is 74.8 Å². The summed E-state index contributed by atoms with van der Waals surface area (Å²) in [7, 11) is -7.50. The number of hydrogen-bond donors (Lipinski definition) is 0. The van der Waals surface area contributed by atoms with Crippen molar-refractivity contribution in [3.63, 3.8) is 0 Å². The fraction of sp³-hybridized carbons (Fsp3) is 0.333. The van der Waals surface area contributed by atoms with Crippen molar-refractivity contribution < 1.29 is 21.2 Å². The third-order valence-corrected chi connectivity index (χ3v) is 8.35. The average Bonchev–Trinajstić information content (AvgIpc) is 3.19. The van der Waals surface area contributed by atoms with Gasteiger partial charge in [0, 0.05) is 19.6 Å². The van der Waals surface area contributed by atoms with Gasteiger partial charge in [-0.05, 0) is 68.3 Å². The number of nitrogens with zero attached hydrogens (tertiary/aromatic N) is 2. The second kappa shape index (κ2) is 7.57. The fourth-order valence-corrected chi connectivity index (χ4v) is 6.08. The summed E-state index contributed by atoms with van der Waals surface area (Å²) in [5.41, 5.74) is 0.340. The van der Waals surface area contributed by atoms with Crippen LogP contribution >= 0.6 is 0 Å². The van der Waals surface area contributed by atoms with Crippen LogP contribution in [0.25, 0.3) is 0 Å². The van der Waals surface area contributed by atoms with Crippen molar-refractivity contribution >= 4 is 25.7 Å². The number of hydrogen-bond acceptors (Lipinski definition) is 4. The van der Waals surface area contributed by atoms with E-state index < -0.39 is 25.9 Å². The van der Waals surface area contributed by atoms with E-state index in [4.69, 9.17) is 0 Å². The Hall–Kier alpha value is -1.97. The first-order valence-electron chi connectivity index (χ1n) is 8.65. The predicted molar refractivity (Wildman–Crippen MR) is 101 cm³/mol. The molecule has 0 aliphatic carbocycles. The third kappa shape index (κ3) is 3.85. The Labute approximate surface area is 159 Å². The summed E-state index contributed by atoms with van der Waals surface area (Å²) in [5.74, 6) is -0.455. The lowest BCUT2D eigenvalue weighted by Gasteiger charge is -2.23. The Morgan fingerprint density at radius 3 is 1.93 bits per heavy atom. The minimum atomic E-state index is -3.90. The van der Waals surface area contributed by atoms with Gasteiger partial charge in [0.1, 0.15) is 5.82 Å². The van der Waals surface area contributed by atoms with Crippen LogP contribution in [0.5, 0.6) is 0 Å². The molecule has 27 heavy (non-hydrogen) atoms. The first kappa shape index (κ1) is 19.8. The molecular weight excluding hydrogens is 391 g/mol. The van der Waals surface area contributed by atoms with Crippen LogP contribution in [-0.4, -0.2) is 40.8 Å². The highest BCUT2D eigenvalue weighted by Crippen LogP contribution is 2.26. The van der Waals surface area contributed by atoms with Crippen molar-refractivity contribution in [1.82, 2.24) is 4.31 Å². The minimum absolute atomic E-state index is 0.0194. The standard InChI is InChI=1S/C18H21FN2O4S2/c1-2-21(16-7-5-15(19)6-8-16)27(24,25)18-11-9-17(10-12-18)26(22,23)20-13-3-4-14-20/h5-12H,2-4,13-14H2,1H3. The van der Waals surface area contributed by atoms with Crippen LogP contribution < -0.4 is 4.31 Å². The quantitative estimate of drug-likeness (QED) is 0.731. The van der Waals surface area contributed by atoms with E-state index in [-0.39, 0.29) is 16.3 Å². The highest BCUT2D eigenvalue weighted by Gasteiger charge is 2.28. The van der Waals surface area contributed by atoms with E-state index in [9.17, 15) is 21.2 Å². The van der Waals surface area contributed by atoms with Gasteiger partial charge in [0.15, 0.2) is 0 Å². The van der Waals surface area contributed by atoms with Gasteiger partial charge in [-0.2, -0.15) is 4.31 Å². The van der Waals surface area contributed by atoms with Gasteiger partial charge < -0.3 is 0 Å². The SMILES string of the molecule is CCN(c1ccc(F)cc1)S(=O)(=O)c1ccc(S(=O)(=O)N2CCCC2)cc1. The molecule has 1 saturated heterocycles. The van der Waals surface area contributed by atoms with E-state index in [0.717, 1.165) is 17.1 Å². The first-order valence-corrected chi connectivity index (χ1v) is 11.5. The Bertz CT molecular complexity index is 998. The number of anilines is 1. The number of sulfonamides is 2. The zero-order valence-corrected chi connectivity index (χ0v) is 16.5. The molecular formula is C18H21FN2O4S2. The molecule has 0 amide bonds. The summed E-state index contributed by atoms with van der Waals surface area (Å²) in [6.07, 6.45) is 1.66. The average molecular weight is 413 g/mol. The fourth-order valence-electron chi connectivity index (χ4n) is 3.09. The largest absolute Gasteiger partial charge is 0.267 e. The molecule has 0 bridgehead atoms. The molecule has 0 saturated carbocycles. The molecule has 0 N–H and O–H groups in total. The van der Waals surface area contributed by atoms with Gasteiger partial charge in [-0.25, -0.2) is 21.2 Å². The molecule has 1 heterocycles. The van der Waals surface area contributed by atoms with Crippen molar-refractivity contribution in [2.45, 2.75) is 29.6 Å². The third-order valence-electron chi connectivity index (χ3n) is 4.52. The van der Waals surface area contributed by atoms with Gasteiger partial charge in [-0.1, -0.05) is 0 Å². The van der Waals surface area contributed by atoms with Crippen LogP contribution in [0.3, 0.4) is 0 Å². The molecule has 9 heteroatoms. The van der Waals surface area contributed by atoms with Gasteiger partial charge in [-0.15, -0.1) is 0 Å². The highest BCUT2D eigenvalue weighted by atomic mass is 32.2. The monoisotopic (exact) mass is 412 g/mol. The summed E-state index contributed by atoms with van der Waals surface area (Å²) in [6.45, 7) is 2.79. The van der Waals surface area contributed by atoms with E-state index in [1.807, 2.05) is 0 Å². The number of halogens is 1. The van der Waals surface area contributed by atoms with Crippen LogP contribution in [0.2, 0.25) is 0 Å². The van der Waals surface area contributed by atoms with Crippen LogP contribution in [0.1, 0.15) is 19.8 Å². The number of rotatable bonds is 6. The normalized spacial score (nSPS) is 15.8. The molecule has 2 aromatic rings. The van der Waals surface area contributed by atoms with Gasteiger partial charge in [0.05, 0.1) is 15.5 Å². The summed E-state index contributed by atoms with van der Waals surface area (Å²) >= 11 is 0. The maximum absolute atomic E-state index is 13.1. The van der Waals surface area contributed by atoms with E-state index in [0.29, 0.717) is 18.8 Å². The number of benzene rings is 2. The molecule has 0 aromatic heterocycles. The van der Waals surface area contributed by atoms with Crippen molar-refractivity contribution in [3.8, 4) is 0 Å². The van der Waals surface area contributed by atoms with Crippen LogP contribution in [0.4, 0.5) is 10.1 Å². The molecule has 6 nitrogen and oxygen atoms in total. The van der Waals surface area contributed by atoms with Gasteiger partial charge in [0.2, 0.25) is 10.0 Å². The van der Waals surface area contributed by atoms with Gasteiger partial charge >= 0.3 is 0 Å². The maximum atomic E-state index is 13.1. The molecule has 2 aromatic carbocycles. The van der Waals surface area contributed by atoms with Crippen LogP contribution in [-0.2, 0) is 20.0 Å². The smallest absolute Gasteiger partial charge is 0.264 e. The van der Waals surface area contributed by atoms with Gasteiger partial charge in [-0.3, -0.25) is 4.31 Å². The van der Waals surface area contributed by atoms with E-state index in [2.05, 4.69) is 0 Å². The van der Waals surface area contributed by atoms with E-state index in [1.165, 1.54) is 52.8 Å². The minimum Gasteiger partial charge on any atom is -0.267 e. The molecule has 0 spiro atoms. The zero-order valence-electron chi connectivity index (χ0n) is 14.9. The highest BCUT2D eigenvalue weighted by molar-refractivity contribution is 7.92. The summed E-state index contributed by atoms with van der Waals surface area (Å²) in [4.78, 5) is 0.0576. The lowest BCUT2D eigenvalue weighted by Crippen LogP contribution is -2.31. The molecule has 0 radical (unpaired) electrons. The molecule has 1 fully saturated rings. The first-order chi connectivity index (χ1) is 12.8. The zero-order chi connectivity index (χ0) is 19.7. The molecule has 1 aliphatic rings. The summed E-state index contributed by atoms with van der Waals surface area (Å²) in [5, 5.41) is 0. The van der Waals surface area contributed by atoms with Crippen molar-refractivity contribution in [3.05, 3.63) is 54.3 Å². The van der Waals surface area contributed by atoms with Crippen LogP contribution in [0, 0.1) is 5.82 Å². The Morgan fingerprint density at radius 2 is 1.41 bits per heavy atom. The second-order valence-electron chi connectivity index (χ2n) is 6.23. The molecule has 1 aliphatic heterocycles. The summed E-state index contributed by atoms with van der Waals surface area (Å²) in [6, 6.07) is 10.4. The maximum Gasteiger partial charge on any atom is 0.264 e. The Morgan fingerprint density at radius 1 is 0.889 bits per heavy atom. The summed E-state index contributed by atoms with van der Waals surface area (Å²) < 4.78 is 66.7. The lowest BCUT2D eigenvalue weighted by molar-refractivity contribution is 0.477. The van der Waals surface area contributed by atoms with Crippen LogP contribution in [0.15, 0.2) is 58.3 Å². The Kier molecular flexibility index (Phi) is 5.55. The van der Waals surface area contributed by atoms with Crippen molar-refractivity contribution in [2.75, 3.05) is 23.9 Å². The van der Waals surface area contributed by atoms with Crippen molar-refractivity contribution in [2.24, 2.45) is 0 Å². The van der Waals surface area contributed by atoms with E-state index in [1.54, 1.807) is 6.92 Å². The Balaban J connectivity index is 1.91. The molecule has 146 valence electrons. The second-order valence-corrected chi connectivity index (χ2v) is 10.0. The predicted octanol–water partition coefficient (Wildman–Crippen LogP) is 2.83. The van der Waals surface area contributed by atoms with E-state index >= 15 is 0 Å². The lowest BCUT2D eigenvalue weighted by atomic mass is 10.3.